The van der Waals surface area contributed by atoms with E-state index in [9.17, 15) is 9.59 Å². The van der Waals surface area contributed by atoms with Crippen LogP contribution in [-0.4, -0.2) is 32.0 Å². The first-order valence-electron chi connectivity index (χ1n) is 9.05. The highest BCUT2D eigenvalue weighted by Gasteiger charge is 2.28. The summed E-state index contributed by atoms with van der Waals surface area (Å²) in [5.74, 6) is -1.20. The summed E-state index contributed by atoms with van der Waals surface area (Å²) in [7, 11) is 3.79. The van der Waals surface area contributed by atoms with Crippen molar-refractivity contribution in [1.29, 1.82) is 0 Å². The number of anilines is 2. The Morgan fingerprint density at radius 2 is 1.72 bits per heavy atom. The molecular weight excluding hydrogens is 314 g/mol. The lowest BCUT2D eigenvalue weighted by atomic mass is 9.83. The molecule has 1 atom stereocenters. The third kappa shape index (κ3) is 6.77. The summed E-state index contributed by atoms with van der Waals surface area (Å²) in [5, 5.41) is 5.64. The molecule has 1 rings (SSSR count). The number of carbonyl (C=O) groups excluding carboxylic acids is 2. The molecule has 2 N–H and O–H groups in total. The standard InChI is InChI=1S/C20H33N3O2/c1-7-8-9-14-17(20(2,3)4)22-19(25)18(24)21-15-12-10-11-13-16(15)23(5)6/h10-13,17H,7-9,14H2,1-6H3,(H,21,24)(H,22,25). The van der Waals surface area contributed by atoms with Crippen LogP contribution in [0.15, 0.2) is 24.3 Å². The Balaban J connectivity index is 2.76. The van der Waals surface area contributed by atoms with Gasteiger partial charge in [0.25, 0.3) is 0 Å². The maximum atomic E-state index is 12.4. The van der Waals surface area contributed by atoms with E-state index in [-0.39, 0.29) is 11.5 Å². The predicted octanol–water partition coefficient (Wildman–Crippen LogP) is 3.80. The van der Waals surface area contributed by atoms with Crippen LogP contribution < -0.4 is 15.5 Å². The number of para-hydroxylation sites is 2. The number of unbranched alkanes of at least 4 members (excludes halogenated alkanes) is 2. The molecule has 0 saturated heterocycles. The molecule has 0 heterocycles. The number of carbonyl (C=O) groups is 2. The van der Waals surface area contributed by atoms with Gasteiger partial charge in [-0.3, -0.25) is 9.59 Å². The number of rotatable bonds is 7. The Morgan fingerprint density at radius 1 is 1.08 bits per heavy atom. The Bertz CT molecular complexity index is 577. The number of amides is 2. The zero-order valence-corrected chi connectivity index (χ0v) is 16.5. The van der Waals surface area contributed by atoms with Crippen LogP contribution in [0.4, 0.5) is 11.4 Å². The number of benzene rings is 1. The van der Waals surface area contributed by atoms with Crippen molar-refractivity contribution < 1.29 is 9.59 Å². The number of nitrogens with zero attached hydrogens (tertiary/aromatic N) is 1. The molecule has 140 valence electrons. The first-order valence-corrected chi connectivity index (χ1v) is 9.05. The van der Waals surface area contributed by atoms with E-state index in [4.69, 9.17) is 0 Å². The number of nitrogens with one attached hydrogen (secondary N) is 2. The van der Waals surface area contributed by atoms with Gasteiger partial charge in [0.15, 0.2) is 0 Å². The second kappa shape index (κ2) is 9.44. The van der Waals surface area contributed by atoms with Gasteiger partial charge in [0.1, 0.15) is 0 Å². The molecule has 1 aromatic carbocycles. The van der Waals surface area contributed by atoms with Gasteiger partial charge in [-0.25, -0.2) is 0 Å². The summed E-state index contributed by atoms with van der Waals surface area (Å²) in [6.45, 7) is 8.41. The number of hydrogen-bond donors (Lipinski definition) is 2. The maximum absolute atomic E-state index is 12.4. The zero-order valence-electron chi connectivity index (χ0n) is 16.5. The van der Waals surface area contributed by atoms with Gasteiger partial charge >= 0.3 is 11.8 Å². The van der Waals surface area contributed by atoms with E-state index < -0.39 is 11.8 Å². The van der Waals surface area contributed by atoms with Crippen LogP contribution in [0.1, 0.15) is 53.4 Å². The maximum Gasteiger partial charge on any atom is 0.313 e. The second-order valence-corrected chi connectivity index (χ2v) is 7.75. The quantitative estimate of drug-likeness (QED) is 0.582. The van der Waals surface area contributed by atoms with Crippen molar-refractivity contribution in [1.82, 2.24) is 5.32 Å². The minimum Gasteiger partial charge on any atom is -0.376 e. The van der Waals surface area contributed by atoms with E-state index in [0.717, 1.165) is 31.4 Å². The van der Waals surface area contributed by atoms with E-state index >= 15 is 0 Å². The van der Waals surface area contributed by atoms with Gasteiger partial charge in [0, 0.05) is 20.1 Å². The summed E-state index contributed by atoms with van der Waals surface area (Å²) >= 11 is 0. The van der Waals surface area contributed by atoms with Gasteiger partial charge < -0.3 is 15.5 Å². The molecule has 0 bridgehead atoms. The molecule has 0 aliphatic rings. The molecule has 0 aliphatic heterocycles. The average Bonchev–Trinajstić information content (AvgIpc) is 2.53. The Labute approximate surface area is 152 Å². The van der Waals surface area contributed by atoms with E-state index in [1.807, 2.05) is 37.2 Å². The minimum atomic E-state index is -0.626. The monoisotopic (exact) mass is 347 g/mol. The number of hydrogen-bond acceptors (Lipinski definition) is 3. The van der Waals surface area contributed by atoms with Crippen LogP contribution in [0.2, 0.25) is 0 Å². The lowest BCUT2D eigenvalue weighted by molar-refractivity contribution is -0.137. The molecule has 0 aliphatic carbocycles. The summed E-state index contributed by atoms with van der Waals surface area (Å²) < 4.78 is 0. The average molecular weight is 348 g/mol. The molecule has 5 heteroatoms. The molecule has 0 saturated carbocycles. The van der Waals surface area contributed by atoms with Crippen LogP contribution in [-0.2, 0) is 9.59 Å². The van der Waals surface area contributed by atoms with Crippen LogP contribution in [0.5, 0.6) is 0 Å². The van der Waals surface area contributed by atoms with E-state index in [0.29, 0.717) is 5.69 Å². The van der Waals surface area contributed by atoms with Crippen molar-refractivity contribution in [3.05, 3.63) is 24.3 Å². The SMILES string of the molecule is CCCCCC(NC(=O)C(=O)Nc1ccccc1N(C)C)C(C)(C)C. The molecule has 0 radical (unpaired) electrons. The summed E-state index contributed by atoms with van der Waals surface area (Å²) in [5.41, 5.74) is 1.40. The fourth-order valence-corrected chi connectivity index (χ4v) is 2.69. The van der Waals surface area contributed by atoms with Gasteiger partial charge in [-0.15, -0.1) is 0 Å². The summed E-state index contributed by atoms with van der Waals surface area (Å²) in [6, 6.07) is 7.40. The van der Waals surface area contributed by atoms with E-state index in [1.165, 1.54) is 0 Å². The molecule has 2 amide bonds. The smallest absolute Gasteiger partial charge is 0.313 e. The third-order valence-electron chi connectivity index (χ3n) is 4.29. The first kappa shape index (κ1) is 21.0. The third-order valence-corrected chi connectivity index (χ3v) is 4.29. The predicted molar refractivity (Wildman–Crippen MR) is 105 cm³/mol. The largest absolute Gasteiger partial charge is 0.376 e. The van der Waals surface area contributed by atoms with Crippen molar-refractivity contribution in [2.24, 2.45) is 5.41 Å². The van der Waals surface area contributed by atoms with Crippen LogP contribution in [0, 0.1) is 5.41 Å². The normalized spacial score (nSPS) is 12.4. The Kier molecular flexibility index (Phi) is 7.94. The van der Waals surface area contributed by atoms with Gasteiger partial charge in [0.2, 0.25) is 0 Å². The lowest BCUT2D eigenvalue weighted by Gasteiger charge is -2.31. The molecular formula is C20H33N3O2. The van der Waals surface area contributed by atoms with Crippen molar-refractivity contribution in [3.63, 3.8) is 0 Å². The molecule has 1 aromatic rings. The first-order chi connectivity index (χ1) is 11.7. The Morgan fingerprint density at radius 3 is 2.28 bits per heavy atom. The fraction of sp³-hybridized carbons (Fsp3) is 0.600. The summed E-state index contributed by atoms with van der Waals surface area (Å²) in [6.07, 6.45) is 4.19. The van der Waals surface area contributed by atoms with Crippen LogP contribution >= 0.6 is 0 Å². The molecule has 0 aromatic heterocycles. The van der Waals surface area contributed by atoms with Crippen molar-refractivity contribution >= 4 is 23.2 Å². The topological polar surface area (TPSA) is 61.4 Å². The Hall–Kier alpha value is -2.04. The van der Waals surface area contributed by atoms with Gasteiger partial charge in [-0.1, -0.05) is 59.1 Å². The molecule has 1 unspecified atom stereocenters. The van der Waals surface area contributed by atoms with Crippen molar-refractivity contribution in [3.8, 4) is 0 Å². The van der Waals surface area contributed by atoms with E-state index in [2.05, 4.69) is 38.3 Å². The van der Waals surface area contributed by atoms with Gasteiger partial charge in [0.05, 0.1) is 11.4 Å². The minimum absolute atomic E-state index is 0.0265. The highest BCUT2D eigenvalue weighted by molar-refractivity contribution is 6.40. The molecule has 25 heavy (non-hydrogen) atoms. The molecule has 0 fully saturated rings. The van der Waals surface area contributed by atoms with Crippen LogP contribution in [0.25, 0.3) is 0 Å². The van der Waals surface area contributed by atoms with Crippen LogP contribution in [0.3, 0.4) is 0 Å². The van der Waals surface area contributed by atoms with Crippen molar-refractivity contribution in [2.45, 2.75) is 59.4 Å². The zero-order chi connectivity index (χ0) is 19.0. The van der Waals surface area contributed by atoms with Gasteiger partial charge in [-0.2, -0.15) is 0 Å². The molecule has 0 spiro atoms. The highest BCUT2D eigenvalue weighted by atomic mass is 16.2. The lowest BCUT2D eigenvalue weighted by Crippen LogP contribution is -2.47. The second-order valence-electron chi connectivity index (χ2n) is 7.75. The molecule has 5 nitrogen and oxygen atoms in total. The van der Waals surface area contributed by atoms with Crippen molar-refractivity contribution in [2.75, 3.05) is 24.3 Å². The highest BCUT2D eigenvalue weighted by Crippen LogP contribution is 2.25. The summed E-state index contributed by atoms with van der Waals surface area (Å²) in [4.78, 5) is 26.6. The fourth-order valence-electron chi connectivity index (χ4n) is 2.69. The van der Waals surface area contributed by atoms with Gasteiger partial charge in [-0.05, 0) is 24.0 Å². The van der Waals surface area contributed by atoms with E-state index in [1.54, 1.807) is 6.07 Å².